The SMILES string of the molecule is C1=CC2CC2c2c1c1ccccc1n2-c1ccc(Cc2nnc(-c3ccccc3)n2-c2ccccc2)cc1. The molecule has 2 aromatic heterocycles. The summed E-state index contributed by atoms with van der Waals surface area (Å²) in [6, 6.07) is 38.5. The number of hydrogen-bond donors (Lipinski definition) is 0. The van der Waals surface area contributed by atoms with Gasteiger partial charge in [0.15, 0.2) is 5.82 Å². The first kappa shape index (κ1) is 21.4. The lowest BCUT2D eigenvalue weighted by atomic mass is 10.0. The summed E-state index contributed by atoms with van der Waals surface area (Å²) < 4.78 is 4.67. The van der Waals surface area contributed by atoms with Crippen LogP contribution in [0.4, 0.5) is 0 Å². The third-order valence-corrected chi connectivity index (χ3v) is 7.99. The van der Waals surface area contributed by atoms with Crippen molar-refractivity contribution in [2.75, 3.05) is 0 Å². The van der Waals surface area contributed by atoms with E-state index in [2.05, 4.69) is 116 Å². The quantitative estimate of drug-likeness (QED) is 0.249. The number of fused-ring (bicyclic) bond motifs is 5. The summed E-state index contributed by atoms with van der Waals surface area (Å²) >= 11 is 0. The average Bonchev–Trinajstić information content (AvgIpc) is 3.55. The second-order valence-electron chi connectivity index (χ2n) is 10.3. The molecule has 2 unspecified atom stereocenters. The Bertz CT molecular complexity index is 1810. The lowest BCUT2D eigenvalue weighted by Crippen LogP contribution is -2.05. The fourth-order valence-electron chi connectivity index (χ4n) is 6.06. The second kappa shape index (κ2) is 8.42. The van der Waals surface area contributed by atoms with Gasteiger partial charge in [0, 0.05) is 45.9 Å². The fraction of sp³-hybridized carbons (Fsp3) is 0.118. The highest BCUT2D eigenvalue weighted by atomic mass is 15.3. The first-order valence-electron chi connectivity index (χ1n) is 13.3. The van der Waals surface area contributed by atoms with Crippen LogP contribution in [-0.4, -0.2) is 19.3 Å². The largest absolute Gasteiger partial charge is 0.313 e. The van der Waals surface area contributed by atoms with Crippen molar-refractivity contribution in [2.24, 2.45) is 5.92 Å². The smallest absolute Gasteiger partial charge is 0.168 e. The molecule has 1 fully saturated rings. The van der Waals surface area contributed by atoms with Gasteiger partial charge >= 0.3 is 0 Å². The van der Waals surface area contributed by atoms with Crippen molar-refractivity contribution >= 4 is 17.0 Å². The highest BCUT2D eigenvalue weighted by molar-refractivity contribution is 5.94. The van der Waals surface area contributed by atoms with Gasteiger partial charge in [-0.1, -0.05) is 91.0 Å². The van der Waals surface area contributed by atoms with Crippen LogP contribution >= 0.6 is 0 Å². The van der Waals surface area contributed by atoms with E-state index in [0.29, 0.717) is 18.3 Å². The maximum Gasteiger partial charge on any atom is 0.168 e. The molecule has 8 rings (SSSR count). The van der Waals surface area contributed by atoms with Crippen molar-refractivity contribution in [1.29, 1.82) is 0 Å². The Hall–Kier alpha value is -4.70. The van der Waals surface area contributed by atoms with E-state index in [1.165, 1.54) is 39.8 Å². The predicted octanol–water partition coefficient (Wildman–Crippen LogP) is 7.60. The average molecular weight is 491 g/mol. The van der Waals surface area contributed by atoms with Crippen molar-refractivity contribution < 1.29 is 0 Å². The molecule has 4 aromatic carbocycles. The number of hydrogen-bond acceptors (Lipinski definition) is 2. The fourth-order valence-corrected chi connectivity index (χ4v) is 6.06. The predicted molar refractivity (Wildman–Crippen MR) is 153 cm³/mol. The maximum atomic E-state index is 4.65. The van der Waals surface area contributed by atoms with Crippen molar-refractivity contribution in [1.82, 2.24) is 19.3 Å². The number of benzene rings is 4. The monoisotopic (exact) mass is 490 g/mol. The third kappa shape index (κ3) is 3.37. The van der Waals surface area contributed by atoms with E-state index in [1.54, 1.807) is 0 Å². The molecule has 0 aliphatic heterocycles. The van der Waals surface area contributed by atoms with E-state index in [9.17, 15) is 0 Å². The first-order valence-corrected chi connectivity index (χ1v) is 13.3. The molecule has 0 spiro atoms. The Balaban J connectivity index is 1.18. The van der Waals surface area contributed by atoms with Crippen LogP contribution in [-0.2, 0) is 6.42 Å². The van der Waals surface area contributed by atoms with Crippen LogP contribution in [0.2, 0.25) is 0 Å². The summed E-state index contributed by atoms with van der Waals surface area (Å²) in [5.74, 6) is 3.13. The summed E-state index contributed by atoms with van der Waals surface area (Å²) in [4.78, 5) is 0. The van der Waals surface area contributed by atoms with Gasteiger partial charge in [-0.05, 0) is 48.2 Å². The van der Waals surface area contributed by atoms with E-state index in [4.69, 9.17) is 0 Å². The summed E-state index contributed by atoms with van der Waals surface area (Å²) in [5, 5.41) is 10.6. The van der Waals surface area contributed by atoms with Crippen molar-refractivity contribution in [3.05, 3.63) is 138 Å². The van der Waals surface area contributed by atoms with Crippen LogP contribution in [0.15, 0.2) is 115 Å². The normalized spacial score (nSPS) is 17.4. The topological polar surface area (TPSA) is 35.6 Å². The Kier molecular flexibility index (Phi) is 4.74. The van der Waals surface area contributed by atoms with Gasteiger partial charge in [0.1, 0.15) is 5.82 Å². The highest BCUT2D eigenvalue weighted by Gasteiger charge is 2.43. The zero-order chi connectivity index (χ0) is 25.1. The minimum absolute atomic E-state index is 0.642. The number of nitrogens with zero attached hydrogens (tertiary/aromatic N) is 4. The number of rotatable bonds is 5. The molecule has 0 N–H and O–H groups in total. The maximum absolute atomic E-state index is 4.65. The van der Waals surface area contributed by atoms with E-state index in [1.807, 2.05) is 24.3 Å². The highest BCUT2D eigenvalue weighted by Crippen LogP contribution is 2.55. The summed E-state index contributed by atoms with van der Waals surface area (Å²) in [6.07, 6.45) is 6.71. The zero-order valence-electron chi connectivity index (χ0n) is 20.9. The molecule has 0 amide bonds. The van der Waals surface area contributed by atoms with Crippen LogP contribution < -0.4 is 0 Å². The van der Waals surface area contributed by atoms with Crippen molar-refractivity contribution in [2.45, 2.75) is 18.8 Å². The molecule has 0 saturated heterocycles. The lowest BCUT2D eigenvalue weighted by Gasteiger charge is -2.14. The second-order valence-corrected chi connectivity index (χ2v) is 10.3. The minimum atomic E-state index is 0.642. The molecular formula is C34H26N4. The van der Waals surface area contributed by atoms with Gasteiger partial charge in [-0.25, -0.2) is 0 Å². The molecule has 0 radical (unpaired) electrons. The first-order chi connectivity index (χ1) is 18.8. The van der Waals surface area contributed by atoms with Gasteiger partial charge < -0.3 is 4.57 Å². The van der Waals surface area contributed by atoms with Crippen LogP contribution in [0.1, 0.15) is 35.0 Å². The number of allylic oxidation sites excluding steroid dienone is 1. The molecular weight excluding hydrogens is 464 g/mol. The molecule has 4 heteroatoms. The van der Waals surface area contributed by atoms with Crippen molar-refractivity contribution in [3.8, 4) is 22.8 Å². The lowest BCUT2D eigenvalue weighted by molar-refractivity contribution is 0.891. The third-order valence-electron chi connectivity index (χ3n) is 7.99. The Morgan fingerprint density at radius 3 is 2.21 bits per heavy atom. The van der Waals surface area contributed by atoms with Crippen LogP contribution in [0.5, 0.6) is 0 Å². The summed E-state index contributed by atoms with van der Waals surface area (Å²) in [5.41, 5.74) is 8.73. The summed E-state index contributed by atoms with van der Waals surface area (Å²) in [6.45, 7) is 0. The van der Waals surface area contributed by atoms with Crippen LogP contribution in [0, 0.1) is 5.92 Å². The molecule has 182 valence electrons. The molecule has 2 heterocycles. The van der Waals surface area contributed by atoms with E-state index >= 15 is 0 Å². The number of para-hydroxylation sites is 2. The van der Waals surface area contributed by atoms with E-state index < -0.39 is 0 Å². The molecule has 1 saturated carbocycles. The number of aromatic nitrogens is 4. The van der Waals surface area contributed by atoms with Crippen LogP contribution in [0.25, 0.3) is 39.7 Å². The molecule has 2 aliphatic carbocycles. The molecule has 0 bridgehead atoms. The Morgan fingerprint density at radius 1 is 0.684 bits per heavy atom. The van der Waals surface area contributed by atoms with Gasteiger partial charge in [-0.2, -0.15) is 0 Å². The standard InChI is InChI=1S/C34H26N4/c1-3-9-24(10-4-1)34-36-35-32(38(34)26-11-5-2-6-12-26)21-23-15-18-27(19-16-23)37-31-14-8-7-13-28(31)29-20-17-25-22-30(25)33(29)37/h1-20,25,30H,21-22H2. The molecule has 6 aromatic rings. The van der Waals surface area contributed by atoms with Crippen LogP contribution in [0.3, 0.4) is 0 Å². The van der Waals surface area contributed by atoms with Crippen molar-refractivity contribution in [3.63, 3.8) is 0 Å². The zero-order valence-corrected chi connectivity index (χ0v) is 20.9. The Labute approximate surface area is 221 Å². The van der Waals surface area contributed by atoms with E-state index in [-0.39, 0.29) is 0 Å². The van der Waals surface area contributed by atoms with E-state index in [0.717, 1.165) is 22.9 Å². The molecule has 4 nitrogen and oxygen atoms in total. The molecule has 2 atom stereocenters. The summed E-state index contributed by atoms with van der Waals surface area (Å²) in [7, 11) is 0. The Morgan fingerprint density at radius 2 is 1.39 bits per heavy atom. The molecule has 2 aliphatic rings. The minimum Gasteiger partial charge on any atom is -0.313 e. The van der Waals surface area contributed by atoms with Gasteiger partial charge in [-0.3, -0.25) is 4.57 Å². The van der Waals surface area contributed by atoms with Gasteiger partial charge in [0.2, 0.25) is 0 Å². The van der Waals surface area contributed by atoms with Gasteiger partial charge in [0.25, 0.3) is 0 Å². The van der Waals surface area contributed by atoms with Gasteiger partial charge in [-0.15, -0.1) is 10.2 Å². The van der Waals surface area contributed by atoms with Gasteiger partial charge in [0.05, 0.1) is 5.52 Å². The molecule has 38 heavy (non-hydrogen) atoms.